The Balaban J connectivity index is 1.61. The summed E-state index contributed by atoms with van der Waals surface area (Å²) in [6.45, 7) is 2.41. The molecule has 126 valence electrons. The molecule has 2 aromatic carbocycles. The molecule has 0 radical (unpaired) electrons. The van der Waals surface area contributed by atoms with Gasteiger partial charge in [-0.3, -0.25) is 9.59 Å². The summed E-state index contributed by atoms with van der Waals surface area (Å²) in [5.41, 5.74) is 2.28. The molecule has 1 fully saturated rings. The van der Waals surface area contributed by atoms with E-state index in [1.165, 1.54) is 0 Å². The van der Waals surface area contributed by atoms with Crippen molar-refractivity contribution in [1.29, 1.82) is 5.26 Å². The molecule has 5 heteroatoms. The van der Waals surface area contributed by atoms with Crippen molar-refractivity contribution in [2.45, 2.75) is 26.3 Å². The van der Waals surface area contributed by atoms with E-state index < -0.39 is 5.41 Å². The molecule has 3 rings (SSSR count). The highest BCUT2D eigenvalue weighted by atomic mass is 16.2. The largest absolute Gasteiger partial charge is 0.351 e. The topological polar surface area (TPSA) is 82.0 Å². The fourth-order valence-electron chi connectivity index (χ4n) is 2.73. The Morgan fingerprint density at radius 2 is 1.84 bits per heavy atom. The van der Waals surface area contributed by atoms with Gasteiger partial charge in [0.15, 0.2) is 0 Å². The van der Waals surface area contributed by atoms with Crippen LogP contribution < -0.4 is 10.6 Å². The summed E-state index contributed by atoms with van der Waals surface area (Å²) in [4.78, 5) is 25.0. The van der Waals surface area contributed by atoms with Crippen LogP contribution in [0, 0.1) is 23.7 Å². The predicted molar refractivity (Wildman–Crippen MR) is 94.5 cm³/mol. The van der Waals surface area contributed by atoms with E-state index >= 15 is 0 Å². The Morgan fingerprint density at radius 3 is 2.44 bits per heavy atom. The third-order valence-corrected chi connectivity index (χ3v) is 4.43. The maximum Gasteiger partial charge on any atom is 0.240 e. The quantitative estimate of drug-likeness (QED) is 0.826. The van der Waals surface area contributed by atoms with E-state index in [0.717, 1.165) is 11.1 Å². The fourth-order valence-corrected chi connectivity index (χ4v) is 2.73. The lowest BCUT2D eigenvalue weighted by atomic mass is 10.0. The van der Waals surface area contributed by atoms with Crippen LogP contribution in [-0.2, 0) is 16.1 Å². The van der Waals surface area contributed by atoms with Crippen molar-refractivity contribution >= 4 is 17.5 Å². The minimum atomic E-state index is -0.974. The van der Waals surface area contributed by atoms with Gasteiger partial charge >= 0.3 is 0 Å². The van der Waals surface area contributed by atoms with Gasteiger partial charge in [-0.2, -0.15) is 5.26 Å². The number of nitriles is 1. The minimum Gasteiger partial charge on any atom is -0.351 e. The summed E-state index contributed by atoms with van der Waals surface area (Å²) < 4.78 is 0. The maximum atomic E-state index is 12.5. The SMILES string of the molecule is Cc1cccc(CNC(=O)C2(C(=O)Nc3ccc(C#N)cc3)CC2)c1. The van der Waals surface area contributed by atoms with Crippen molar-refractivity contribution in [1.82, 2.24) is 5.32 Å². The van der Waals surface area contributed by atoms with Crippen LogP contribution in [0.25, 0.3) is 0 Å². The number of anilines is 1. The molecular formula is C20H19N3O2. The van der Waals surface area contributed by atoms with E-state index in [0.29, 0.717) is 30.6 Å². The number of nitrogens with one attached hydrogen (secondary N) is 2. The van der Waals surface area contributed by atoms with Gasteiger partial charge in [0.25, 0.3) is 0 Å². The molecule has 0 unspecified atom stereocenters. The molecule has 2 amide bonds. The number of carbonyl (C=O) groups is 2. The van der Waals surface area contributed by atoms with Gasteiger partial charge in [0.05, 0.1) is 11.6 Å². The summed E-state index contributed by atoms with van der Waals surface area (Å²) in [7, 11) is 0. The van der Waals surface area contributed by atoms with Gasteiger partial charge in [0.1, 0.15) is 5.41 Å². The lowest BCUT2D eigenvalue weighted by Gasteiger charge is -2.15. The number of hydrogen-bond donors (Lipinski definition) is 2. The third-order valence-electron chi connectivity index (χ3n) is 4.43. The Hall–Kier alpha value is -3.13. The third kappa shape index (κ3) is 3.69. The number of hydrogen-bond acceptors (Lipinski definition) is 3. The van der Waals surface area contributed by atoms with Crippen molar-refractivity contribution in [2.75, 3.05) is 5.32 Å². The second-order valence-corrected chi connectivity index (χ2v) is 6.40. The van der Waals surface area contributed by atoms with E-state index in [1.54, 1.807) is 24.3 Å². The molecule has 25 heavy (non-hydrogen) atoms. The fraction of sp³-hybridized carbons (Fsp3) is 0.250. The van der Waals surface area contributed by atoms with Crippen molar-refractivity contribution in [3.8, 4) is 6.07 Å². The normalized spacial score (nSPS) is 14.2. The molecule has 2 aromatic rings. The highest BCUT2D eigenvalue weighted by Crippen LogP contribution is 2.46. The number of carbonyl (C=O) groups excluding carboxylic acids is 2. The molecule has 1 aliphatic rings. The lowest BCUT2D eigenvalue weighted by Crippen LogP contribution is -2.39. The Morgan fingerprint density at radius 1 is 1.12 bits per heavy atom. The predicted octanol–water partition coefficient (Wildman–Crippen LogP) is 2.90. The molecule has 0 atom stereocenters. The van der Waals surface area contributed by atoms with Crippen LogP contribution in [0.2, 0.25) is 0 Å². The zero-order chi connectivity index (χ0) is 17.9. The molecule has 1 aliphatic carbocycles. The summed E-state index contributed by atoms with van der Waals surface area (Å²) in [6, 6.07) is 16.5. The molecule has 0 aliphatic heterocycles. The van der Waals surface area contributed by atoms with Crippen LogP contribution in [0.4, 0.5) is 5.69 Å². The van der Waals surface area contributed by atoms with Crippen LogP contribution in [0.5, 0.6) is 0 Å². The lowest BCUT2D eigenvalue weighted by molar-refractivity contribution is -0.134. The second kappa shape index (κ2) is 6.78. The van der Waals surface area contributed by atoms with Gasteiger partial charge in [-0.15, -0.1) is 0 Å². The maximum absolute atomic E-state index is 12.5. The zero-order valence-electron chi connectivity index (χ0n) is 14.0. The van der Waals surface area contributed by atoms with Gasteiger partial charge in [-0.05, 0) is 49.6 Å². The highest BCUT2D eigenvalue weighted by Gasteiger charge is 2.56. The Kier molecular flexibility index (Phi) is 4.53. The van der Waals surface area contributed by atoms with Crippen molar-refractivity contribution in [3.63, 3.8) is 0 Å². The van der Waals surface area contributed by atoms with E-state index in [9.17, 15) is 9.59 Å². The summed E-state index contributed by atoms with van der Waals surface area (Å²) in [6.07, 6.45) is 1.10. The van der Waals surface area contributed by atoms with Crippen molar-refractivity contribution in [2.24, 2.45) is 5.41 Å². The van der Waals surface area contributed by atoms with Gasteiger partial charge in [-0.25, -0.2) is 0 Å². The van der Waals surface area contributed by atoms with Crippen molar-refractivity contribution < 1.29 is 9.59 Å². The molecule has 2 N–H and O–H groups in total. The van der Waals surface area contributed by atoms with E-state index in [-0.39, 0.29) is 11.8 Å². The van der Waals surface area contributed by atoms with Crippen LogP contribution >= 0.6 is 0 Å². The number of nitrogens with zero attached hydrogens (tertiary/aromatic N) is 1. The first-order valence-corrected chi connectivity index (χ1v) is 8.19. The molecule has 0 bridgehead atoms. The Bertz CT molecular complexity index is 846. The summed E-state index contributed by atoms with van der Waals surface area (Å²) in [5, 5.41) is 14.4. The average molecular weight is 333 g/mol. The zero-order valence-corrected chi connectivity index (χ0v) is 14.0. The number of benzene rings is 2. The molecule has 1 saturated carbocycles. The molecule has 0 spiro atoms. The molecule has 0 saturated heterocycles. The van der Waals surface area contributed by atoms with Gasteiger partial charge in [-0.1, -0.05) is 29.8 Å². The summed E-state index contributed by atoms with van der Waals surface area (Å²) in [5.74, 6) is -0.529. The molecule has 0 aromatic heterocycles. The van der Waals surface area contributed by atoms with Gasteiger partial charge < -0.3 is 10.6 Å². The monoisotopic (exact) mass is 333 g/mol. The van der Waals surface area contributed by atoms with E-state index in [4.69, 9.17) is 5.26 Å². The average Bonchev–Trinajstić information content (AvgIpc) is 3.42. The first kappa shape index (κ1) is 16.7. The number of rotatable bonds is 5. The van der Waals surface area contributed by atoms with Crippen LogP contribution in [-0.4, -0.2) is 11.8 Å². The first-order valence-electron chi connectivity index (χ1n) is 8.19. The second-order valence-electron chi connectivity index (χ2n) is 6.40. The number of amides is 2. The molecular weight excluding hydrogens is 314 g/mol. The van der Waals surface area contributed by atoms with Gasteiger partial charge in [0, 0.05) is 12.2 Å². The van der Waals surface area contributed by atoms with Gasteiger partial charge in [0.2, 0.25) is 11.8 Å². The molecule has 5 nitrogen and oxygen atoms in total. The van der Waals surface area contributed by atoms with E-state index in [2.05, 4.69) is 10.6 Å². The van der Waals surface area contributed by atoms with E-state index in [1.807, 2.05) is 37.3 Å². The van der Waals surface area contributed by atoms with Crippen LogP contribution in [0.15, 0.2) is 48.5 Å². The Labute approximate surface area is 146 Å². The first-order chi connectivity index (χ1) is 12.0. The standard InChI is InChI=1S/C20H19N3O2/c1-14-3-2-4-16(11-14)13-22-18(24)20(9-10-20)19(25)23-17-7-5-15(12-21)6-8-17/h2-8,11H,9-10,13H2,1H3,(H,22,24)(H,23,25). The van der Waals surface area contributed by atoms with Crippen LogP contribution in [0.1, 0.15) is 29.5 Å². The van der Waals surface area contributed by atoms with Crippen LogP contribution in [0.3, 0.4) is 0 Å². The summed E-state index contributed by atoms with van der Waals surface area (Å²) >= 11 is 0. The molecule has 0 heterocycles. The number of aryl methyl sites for hydroxylation is 1. The minimum absolute atomic E-state index is 0.236. The van der Waals surface area contributed by atoms with Crippen molar-refractivity contribution in [3.05, 3.63) is 65.2 Å². The highest BCUT2D eigenvalue weighted by molar-refractivity contribution is 6.13. The smallest absolute Gasteiger partial charge is 0.240 e.